The molecule has 17 heavy (non-hydrogen) atoms. The number of aromatic nitrogens is 3. The van der Waals surface area contributed by atoms with E-state index in [0.717, 1.165) is 23.5 Å². The lowest BCUT2D eigenvalue weighted by molar-refractivity contribution is 0.642. The van der Waals surface area contributed by atoms with E-state index in [9.17, 15) is 0 Å². The lowest BCUT2D eigenvalue weighted by Gasteiger charge is -2.01. The van der Waals surface area contributed by atoms with Crippen molar-refractivity contribution in [2.75, 3.05) is 7.05 Å². The van der Waals surface area contributed by atoms with E-state index in [4.69, 9.17) is 6.42 Å². The zero-order valence-electron chi connectivity index (χ0n) is 9.72. The molecular formula is C13H14N4. The molecule has 2 rings (SSSR count). The highest BCUT2D eigenvalue weighted by Crippen LogP contribution is 2.17. The number of rotatable bonds is 4. The van der Waals surface area contributed by atoms with Gasteiger partial charge in [0.25, 0.3) is 0 Å². The molecule has 0 amide bonds. The van der Waals surface area contributed by atoms with Crippen LogP contribution in [-0.2, 0) is 13.1 Å². The minimum absolute atomic E-state index is 0.483. The molecule has 0 spiro atoms. The number of terminal acetylenes is 1. The first-order valence-corrected chi connectivity index (χ1v) is 5.40. The minimum atomic E-state index is 0.483. The Morgan fingerprint density at radius 1 is 1.53 bits per heavy atom. The van der Waals surface area contributed by atoms with Gasteiger partial charge in [-0.05, 0) is 25.2 Å². The largest absolute Gasteiger partial charge is 0.314 e. The molecule has 0 aliphatic rings. The minimum Gasteiger partial charge on any atom is -0.314 e. The van der Waals surface area contributed by atoms with Crippen LogP contribution in [-0.4, -0.2) is 21.8 Å². The normalized spacial score (nSPS) is 10.1. The number of hydrogen-bond donors (Lipinski definition) is 1. The third kappa shape index (κ3) is 2.52. The SMILES string of the molecule is C#CCn1nc(-c2cccnc2)cc1CNC. The molecule has 1 N–H and O–H groups in total. The van der Waals surface area contributed by atoms with E-state index in [1.807, 2.05) is 29.9 Å². The summed E-state index contributed by atoms with van der Waals surface area (Å²) in [5.41, 5.74) is 2.98. The van der Waals surface area contributed by atoms with Crippen molar-refractivity contribution in [1.82, 2.24) is 20.1 Å². The van der Waals surface area contributed by atoms with Gasteiger partial charge in [-0.25, -0.2) is 0 Å². The van der Waals surface area contributed by atoms with Crippen molar-refractivity contribution in [3.8, 4) is 23.6 Å². The fourth-order valence-corrected chi connectivity index (χ4v) is 1.66. The quantitative estimate of drug-likeness (QED) is 0.799. The van der Waals surface area contributed by atoms with Crippen LogP contribution in [0.4, 0.5) is 0 Å². The molecule has 0 aromatic carbocycles. The van der Waals surface area contributed by atoms with Crippen LogP contribution in [0, 0.1) is 12.3 Å². The van der Waals surface area contributed by atoms with Gasteiger partial charge in [-0.15, -0.1) is 6.42 Å². The third-order valence-electron chi connectivity index (χ3n) is 2.42. The maximum absolute atomic E-state index is 5.33. The summed E-state index contributed by atoms with van der Waals surface area (Å²) >= 11 is 0. The molecule has 0 fully saturated rings. The molecule has 0 aliphatic carbocycles. The van der Waals surface area contributed by atoms with E-state index in [2.05, 4.69) is 21.3 Å². The summed E-state index contributed by atoms with van der Waals surface area (Å²) in [5, 5.41) is 7.59. The van der Waals surface area contributed by atoms with Crippen LogP contribution in [0.2, 0.25) is 0 Å². The number of nitrogens with zero attached hydrogens (tertiary/aromatic N) is 3. The first kappa shape index (κ1) is 11.4. The van der Waals surface area contributed by atoms with Gasteiger partial charge in [0.1, 0.15) is 6.54 Å². The highest BCUT2D eigenvalue weighted by atomic mass is 15.3. The van der Waals surface area contributed by atoms with Crippen molar-refractivity contribution < 1.29 is 0 Å². The van der Waals surface area contributed by atoms with Crippen LogP contribution in [0.3, 0.4) is 0 Å². The smallest absolute Gasteiger partial charge is 0.102 e. The predicted octanol–water partition coefficient (Wildman–Crippen LogP) is 1.30. The van der Waals surface area contributed by atoms with E-state index in [0.29, 0.717) is 6.54 Å². The van der Waals surface area contributed by atoms with Gasteiger partial charge in [0, 0.05) is 24.5 Å². The first-order valence-electron chi connectivity index (χ1n) is 5.40. The van der Waals surface area contributed by atoms with E-state index in [1.165, 1.54) is 0 Å². The van der Waals surface area contributed by atoms with Crippen LogP contribution in [0.25, 0.3) is 11.3 Å². The molecule has 0 saturated heterocycles. The highest BCUT2D eigenvalue weighted by molar-refractivity contribution is 5.57. The lowest BCUT2D eigenvalue weighted by Crippen LogP contribution is -2.11. The van der Waals surface area contributed by atoms with Crippen molar-refractivity contribution >= 4 is 0 Å². The van der Waals surface area contributed by atoms with E-state index < -0.39 is 0 Å². The Bertz CT molecular complexity index is 522. The van der Waals surface area contributed by atoms with Crippen molar-refractivity contribution in [2.45, 2.75) is 13.1 Å². The summed E-state index contributed by atoms with van der Waals surface area (Å²) in [5.74, 6) is 2.60. The second-order valence-corrected chi connectivity index (χ2v) is 3.65. The Kier molecular flexibility index (Phi) is 3.53. The van der Waals surface area contributed by atoms with E-state index in [-0.39, 0.29) is 0 Å². The average Bonchev–Trinajstić information content (AvgIpc) is 2.75. The van der Waals surface area contributed by atoms with Gasteiger partial charge in [-0.2, -0.15) is 5.10 Å². The summed E-state index contributed by atoms with van der Waals surface area (Å²) in [7, 11) is 1.90. The molecule has 2 aromatic heterocycles. The Morgan fingerprint density at radius 3 is 3.06 bits per heavy atom. The van der Waals surface area contributed by atoms with Gasteiger partial charge in [-0.1, -0.05) is 5.92 Å². The maximum atomic E-state index is 5.33. The average molecular weight is 226 g/mol. The van der Waals surface area contributed by atoms with Gasteiger partial charge < -0.3 is 5.32 Å². The van der Waals surface area contributed by atoms with Crippen molar-refractivity contribution in [3.05, 3.63) is 36.3 Å². The molecule has 2 heterocycles. The molecule has 0 unspecified atom stereocenters. The second kappa shape index (κ2) is 5.28. The Balaban J connectivity index is 2.37. The summed E-state index contributed by atoms with van der Waals surface area (Å²) in [4.78, 5) is 4.09. The summed E-state index contributed by atoms with van der Waals surface area (Å²) < 4.78 is 1.83. The summed E-state index contributed by atoms with van der Waals surface area (Å²) in [6.45, 7) is 1.23. The standard InChI is InChI=1S/C13H14N4/c1-3-7-17-12(10-14-2)8-13(16-17)11-5-4-6-15-9-11/h1,4-6,8-9,14H,7,10H2,2H3. The predicted molar refractivity (Wildman–Crippen MR) is 67.1 cm³/mol. The van der Waals surface area contributed by atoms with Crippen LogP contribution in [0.15, 0.2) is 30.6 Å². The fourth-order valence-electron chi connectivity index (χ4n) is 1.66. The third-order valence-corrected chi connectivity index (χ3v) is 2.42. The van der Waals surface area contributed by atoms with Gasteiger partial charge in [0.05, 0.1) is 11.4 Å². The second-order valence-electron chi connectivity index (χ2n) is 3.65. The van der Waals surface area contributed by atoms with Crippen molar-refractivity contribution in [1.29, 1.82) is 0 Å². The van der Waals surface area contributed by atoms with Crippen molar-refractivity contribution in [2.24, 2.45) is 0 Å². The Hall–Kier alpha value is -2.12. The summed E-state index contributed by atoms with van der Waals surface area (Å²) in [6, 6.07) is 5.91. The van der Waals surface area contributed by atoms with Gasteiger partial charge in [0.2, 0.25) is 0 Å². The molecule has 0 radical (unpaired) electrons. The molecule has 4 heteroatoms. The molecule has 86 valence electrons. The van der Waals surface area contributed by atoms with E-state index >= 15 is 0 Å². The van der Waals surface area contributed by atoms with Crippen LogP contribution in [0.1, 0.15) is 5.69 Å². The molecular weight excluding hydrogens is 212 g/mol. The monoisotopic (exact) mass is 226 g/mol. The number of pyridine rings is 1. The van der Waals surface area contributed by atoms with Crippen LogP contribution in [0.5, 0.6) is 0 Å². The molecule has 4 nitrogen and oxygen atoms in total. The number of nitrogens with one attached hydrogen (secondary N) is 1. The van der Waals surface area contributed by atoms with Gasteiger partial charge in [-0.3, -0.25) is 9.67 Å². The zero-order chi connectivity index (χ0) is 12.1. The first-order chi connectivity index (χ1) is 8.35. The summed E-state index contributed by atoms with van der Waals surface area (Å²) in [6.07, 6.45) is 8.87. The Labute approximate surface area is 101 Å². The topological polar surface area (TPSA) is 42.7 Å². The van der Waals surface area contributed by atoms with Gasteiger partial charge in [0.15, 0.2) is 0 Å². The van der Waals surface area contributed by atoms with Gasteiger partial charge >= 0.3 is 0 Å². The molecule has 0 saturated carbocycles. The zero-order valence-corrected chi connectivity index (χ0v) is 9.72. The molecule has 0 aliphatic heterocycles. The van der Waals surface area contributed by atoms with Crippen LogP contribution < -0.4 is 5.32 Å². The molecule has 0 atom stereocenters. The molecule has 0 bridgehead atoms. The van der Waals surface area contributed by atoms with E-state index in [1.54, 1.807) is 12.4 Å². The number of hydrogen-bond acceptors (Lipinski definition) is 3. The lowest BCUT2D eigenvalue weighted by atomic mass is 10.2. The maximum Gasteiger partial charge on any atom is 0.102 e. The molecule has 2 aromatic rings. The van der Waals surface area contributed by atoms with Crippen LogP contribution >= 0.6 is 0 Å². The van der Waals surface area contributed by atoms with Crippen molar-refractivity contribution in [3.63, 3.8) is 0 Å². The Morgan fingerprint density at radius 2 is 2.41 bits per heavy atom. The highest BCUT2D eigenvalue weighted by Gasteiger charge is 2.08. The fraction of sp³-hybridized carbons (Fsp3) is 0.231.